The Morgan fingerprint density at radius 3 is 1.58 bits per heavy atom. The number of ether oxygens (including phenoxy) is 2. The molecule has 268 valence electrons. The SMILES string of the molecule is CCCCCCCCCCCCCC(=O)N[C@@H](CO[C@H]1O[C@H](CO)[C@H](O)[C@H](O)[C@H]1O)[C@H](O)CCCCCCCCCCCCC. The number of carbonyl (C=O) groups excluding carboxylic acids is 1. The van der Waals surface area contributed by atoms with Crippen LogP contribution >= 0.6 is 0 Å². The second-order valence-electron chi connectivity index (χ2n) is 13.4. The molecule has 0 aromatic heterocycles. The second-order valence-corrected chi connectivity index (χ2v) is 13.4. The Hall–Kier alpha value is -0.810. The molecule has 0 aromatic rings. The van der Waals surface area contributed by atoms with Crippen LogP contribution in [0.25, 0.3) is 0 Å². The standard InChI is InChI=1S/C36H71NO8/c1-3-5-7-9-11-13-15-17-19-21-23-25-30(39)29(28-44-36-35(43)34(42)33(41)31(27-38)45-36)37-32(40)26-24-22-20-18-16-14-12-10-8-6-4-2/h29-31,33-36,38-39,41-43H,3-28H2,1-2H3,(H,37,40)/t29-,30+,31+,33-,34-,35+,36-/m0/s1. The largest absolute Gasteiger partial charge is 0.394 e. The average Bonchev–Trinajstić information content (AvgIpc) is 3.04. The summed E-state index contributed by atoms with van der Waals surface area (Å²) < 4.78 is 11.2. The molecular weight excluding hydrogens is 574 g/mol. The molecule has 1 amide bonds. The first-order chi connectivity index (χ1) is 21.8. The van der Waals surface area contributed by atoms with Gasteiger partial charge in [0.2, 0.25) is 5.91 Å². The minimum absolute atomic E-state index is 0.133. The van der Waals surface area contributed by atoms with Crippen molar-refractivity contribution in [3.63, 3.8) is 0 Å². The smallest absolute Gasteiger partial charge is 0.220 e. The molecule has 0 aromatic carbocycles. The van der Waals surface area contributed by atoms with Crippen LogP contribution in [0.5, 0.6) is 0 Å². The highest BCUT2D eigenvalue weighted by molar-refractivity contribution is 5.76. The molecule has 9 nitrogen and oxygen atoms in total. The maximum Gasteiger partial charge on any atom is 0.220 e. The summed E-state index contributed by atoms with van der Waals surface area (Å²) in [5.41, 5.74) is 0. The Bertz CT molecular complexity index is 681. The van der Waals surface area contributed by atoms with E-state index in [1.807, 2.05) is 0 Å². The number of hydrogen-bond acceptors (Lipinski definition) is 8. The van der Waals surface area contributed by atoms with E-state index in [2.05, 4.69) is 19.2 Å². The summed E-state index contributed by atoms with van der Waals surface area (Å²) in [6.45, 7) is 3.79. The fraction of sp³-hybridized carbons (Fsp3) is 0.972. The Morgan fingerprint density at radius 1 is 0.667 bits per heavy atom. The van der Waals surface area contributed by atoms with E-state index >= 15 is 0 Å². The van der Waals surface area contributed by atoms with Gasteiger partial charge in [-0.2, -0.15) is 0 Å². The second kappa shape index (κ2) is 28.2. The number of nitrogens with one attached hydrogen (secondary N) is 1. The summed E-state index contributed by atoms with van der Waals surface area (Å²) >= 11 is 0. The molecule has 6 N–H and O–H groups in total. The van der Waals surface area contributed by atoms with Crippen molar-refractivity contribution in [1.82, 2.24) is 5.32 Å². The van der Waals surface area contributed by atoms with Gasteiger partial charge in [0.25, 0.3) is 0 Å². The van der Waals surface area contributed by atoms with Crippen molar-refractivity contribution < 1.29 is 39.8 Å². The van der Waals surface area contributed by atoms with Crippen LogP contribution in [0.1, 0.15) is 168 Å². The molecule has 1 aliphatic heterocycles. The molecule has 0 aliphatic carbocycles. The van der Waals surface area contributed by atoms with Crippen LogP contribution in [0, 0.1) is 0 Å². The zero-order valence-electron chi connectivity index (χ0n) is 28.9. The van der Waals surface area contributed by atoms with Crippen LogP contribution in [0.4, 0.5) is 0 Å². The summed E-state index contributed by atoms with van der Waals surface area (Å²) in [5, 5.41) is 53.9. The van der Waals surface area contributed by atoms with E-state index in [-0.39, 0.29) is 12.5 Å². The van der Waals surface area contributed by atoms with Gasteiger partial charge >= 0.3 is 0 Å². The fourth-order valence-corrected chi connectivity index (χ4v) is 6.10. The van der Waals surface area contributed by atoms with Crippen LogP contribution in [0.15, 0.2) is 0 Å². The zero-order valence-corrected chi connectivity index (χ0v) is 28.9. The van der Waals surface area contributed by atoms with Gasteiger partial charge in [-0.3, -0.25) is 4.79 Å². The van der Waals surface area contributed by atoms with E-state index in [0.29, 0.717) is 12.8 Å². The highest BCUT2D eigenvalue weighted by Crippen LogP contribution is 2.23. The van der Waals surface area contributed by atoms with Crippen LogP contribution in [-0.4, -0.2) is 87.5 Å². The summed E-state index contributed by atoms with van der Waals surface area (Å²) in [6, 6.07) is -0.708. The van der Waals surface area contributed by atoms with Gasteiger partial charge in [0.15, 0.2) is 6.29 Å². The summed E-state index contributed by atoms with van der Waals surface area (Å²) in [6.07, 6.45) is 19.6. The van der Waals surface area contributed by atoms with E-state index in [4.69, 9.17) is 9.47 Å². The molecule has 1 rings (SSSR count). The van der Waals surface area contributed by atoms with Crippen molar-refractivity contribution in [2.75, 3.05) is 13.2 Å². The molecule has 1 saturated heterocycles. The van der Waals surface area contributed by atoms with Crippen molar-refractivity contribution in [2.24, 2.45) is 0 Å². The Morgan fingerprint density at radius 2 is 1.11 bits per heavy atom. The molecule has 0 unspecified atom stereocenters. The molecule has 0 bridgehead atoms. The lowest BCUT2D eigenvalue weighted by Gasteiger charge is -2.40. The fourth-order valence-electron chi connectivity index (χ4n) is 6.10. The van der Waals surface area contributed by atoms with Crippen molar-refractivity contribution >= 4 is 5.91 Å². The molecule has 1 heterocycles. The molecule has 9 heteroatoms. The molecule has 0 saturated carbocycles. The van der Waals surface area contributed by atoms with E-state index in [9.17, 15) is 30.3 Å². The summed E-state index contributed by atoms with van der Waals surface area (Å²) in [4.78, 5) is 12.8. The predicted molar refractivity (Wildman–Crippen MR) is 180 cm³/mol. The lowest BCUT2D eigenvalue weighted by atomic mass is 9.99. The van der Waals surface area contributed by atoms with Crippen LogP contribution < -0.4 is 5.32 Å². The number of rotatable bonds is 30. The van der Waals surface area contributed by atoms with Gasteiger partial charge in [-0.25, -0.2) is 0 Å². The summed E-state index contributed by atoms with van der Waals surface area (Å²) in [5.74, 6) is -0.147. The van der Waals surface area contributed by atoms with E-state index in [1.54, 1.807) is 0 Å². The van der Waals surface area contributed by atoms with Gasteiger partial charge in [-0.05, 0) is 12.8 Å². The average molecular weight is 646 g/mol. The first kappa shape index (κ1) is 42.2. The molecular formula is C36H71NO8. The minimum Gasteiger partial charge on any atom is -0.394 e. The van der Waals surface area contributed by atoms with Crippen molar-refractivity contribution in [1.29, 1.82) is 0 Å². The van der Waals surface area contributed by atoms with Gasteiger partial charge in [0, 0.05) is 6.42 Å². The van der Waals surface area contributed by atoms with Crippen molar-refractivity contribution in [2.45, 2.75) is 211 Å². The number of hydrogen-bond donors (Lipinski definition) is 6. The van der Waals surface area contributed by atoms with E-state index in [0.717, 1.165) is 38.5 Å². The van der Waals surface area contributed by atoms with Gasteiger partial charge in [0.1, 0.15) is 24.4 Å². The molecule has 7 atom stereocenters. The molecule has 0 spiro atoms. The van der Waals surface area contributed by atoms with Crippen molar-refractivity contribution in [3.05, 3.63) is 0 Å². The Labute approximate surface area is 274 Å². The molecule has 1 fully saturated rings. The maximum absolute atomic E-state index is 12.8. The summed E-state index contributed by atoms with van der Waals surface area (Å²) in [7, 11) is 0. The zero-order chi connectivity index (χ0) is 33.1. The van der Waals surface area contributed by atoms with Crippen LogP contribution in [-0.2, 0) is 14.3 Å². The molecule has 0 radical (unpaired) electrons. The van der Waals surface area contributed by atoms with Crippen molar-refractivity contribution in [3.8, 4) is 0 Å². The third-order valence-electron chi connectivity index (χ3n) is 9.21. The minimum atomic E-state index is -1.55. The highest BCUT2D eigenvalue weighted by Gasteiger charge is 2.44. The number of aliphatic hydroxyl groups is 5. The first-order valence-corrected chi connectivity index (χ1v) is 18.7. The third kappa shape index (κ3) is 20.2. The normalized spacial score (nSPS) is 23.2. The number of amides is 1. The highest BCUT2D eigenvalue weighted by atomic mass is 16.7. The topological polar surface area (TPSA) is 149 Å². The van der Waals surface area contributed by atoms with Crippen LogP contribution in [0.2, 0.25) is 0 Å². The van der Waals surface area contributed by atoms with Gasteiger partial charge in [-0.15, -0.1) is 0 Å². The lowest BCUT2D eigenvalue weighted by molar-refractivity contribution is -0.302. The number of unbranched alkanes of at least 4 members (excludes halogenated alkanes) is 20. The quantitative estimate of drug-likeness (QED) is 0.0517. The Kier molecular flexibility index (Phi) is 26.5. The van der Waals surface area contributed by atoms with E-state index < -0.39 is 49.5 Å². The molecule has 45 heavy (non-hydrogen) atoms. The molecule has 1 aliphatic rings. The predicted octanol–water partition coefficient (Wildman–Crippen LogP) is 6.05. The number of carbonyl (C=O) groups is 1. The van der Waals surface area contributed by atoms with Gasteiger partial charge in [-0.1, -0.05) is 149 Å². The first-order valence-electron chi connectivity index (χ1n) is 18.7. The van der Waals surface area contributed by atoms with Crippen LogP contribution in [0.3, 0.4) is 0 Å². The number of aliphatic hydroxyl groups excluding tert-OH is 5. The Balaban J connectivity index is 2.44. The van der Waals surface area contributed by atoms with Gasteiger partial charge in [0.05, 0.1) is 25.4 Å². The third-order valence-corrected chi connectivity index (χ3v) is 9.21. The maximum atomic E-state index is 12.8. The lowest BCUT2D eigenvalue weighted by Crippen LogP contribution is -2.60. The van der Waals surface area contributed by atoms with E-state index in [1.165, 1.54) is 103 Å². The van der Waals surface area contributed by atoms with Gasteiger partial charge < -0.3 is 40.3 Å². The monoisotopic (exact) mass is 646 g/mol.